The highest BCUT2D eigenvalue weighted by atomic mass is 32.1. The summed E-state index contributed by atoms with van der Waals surface area (Å²) in [5.41, 5.74) is 1.02. The third kappa shape index (κ3) is 3.40. The Morgan fingerprint density at radius 1 is 1.33 bits per heavy atom. The van der Waals surface area contributed by atoms with Gasteiger partial charge >= 0.3 is 0 Å². The van der Waals surface area contributed by atoms with E-state index in [4.69, 9.17) is 12.2 Å². The van der Waals surface area contributed by atoms with Gasteiger partial charge in [0.2, 0.25) is 0 Å². The second kappa shape index (κ2) is 6.52. The summed E-state index contributed by atoms with van der Waals surface area (Å²) in [4.78, 5) is 4.17. The number of aromatic amines is 1. The molecule has 0 unspecified atom stereocenters. The Morgan fingerprint density at radius 3 is 2.86 bits per heavy atom. The Labute approximate surface area is 130 Å². The standard InChI is InChI=1S/C16H22N4S/c1-12-4-6-13(7-5-12)8-10-20-15(18-19-16(20)21)14-3-2-9-17-11-14/h2-3,9,11-13H,4-8,10H2,1H3,(H,19,21). The van der Waals surface area contributed by atoms with Crippen molar-refractivity contribution in [1.82, 2.24) is 19.7 Å². The van der Waals surface area contributed by atoms with E-state index in [-0.39, 0.29) is 0 Å². The molecule has 0 saturated heterocycles. The third-order valence-corrected chi connectivity index (χ3v) is 4.89. The minimum atomic E-state index is 0.707. The first-order valence-electron chi connectivity index (χ1n) is 7.79. The van der Waals surface area contributed by atoms with Crippen molar-refractivity contribution in [1.29, 1.82) is 0 Å². The lowest BCUT2D eigenvalue weighted by Gasteiger charge is -2.26. The van der Waals surface area contributed by atoms with E-state index in [1.165, 1.54) is 32.1 Å². The van der Waals surface area contributed by atoms with Crippen molar-refractivity contribution in [2.45, 2.75) is 45.6 Å². The van der Waals surface area contributed by atoms with Crippen LogP contribution in [-0.4, -0.2) is 19.7 Å². The second-order valence-corrected chi connectivity index (χ2v) is 6.55. The first-order valence-corrected chi connectivity index (χ1v) is 8.20. The molecule has 0 spiro atoms. The Kier molecular flexibility index (Phi) is 4.48. The van der Waals surface area contributed by atoms with Gasteiger partial charge in [-0.15, -0.1) is 0 Å². The van der Waals surface area contributed by atoms with Gasteiger partial charge in [-0.3, -0.25) is 10.1 Å². The van der Waals surface area contributed by atoms with Crippen LogP contribution in [0.5, 0.6) is 0 Å². The minimum absolute atomic E-state index is 0.707. The fourth-order valence-electron chi connectivity index (χ4n) is 3.17. The predicted molar refractivity (Wildman–Crippen MR) is 86.4 cm³/mol. The molecule has 21 heavy (non-hydrogen) atoms. The normalized spacial score (nSPS) is 22.3. The number of hydrogen-bond acceptors (Lipinski definition) is 3. The zero-order valence-electron chi connectivity index (χ0n) is 12.5. The van der Waals surface area contributed by atoms with E-state index in [9.17, 15) is 0 Å². The third-order valence-electron chi connectivity index (χ3n) is 4.57. The first-order chi connectivity index (χ1) is 10.2. The summed E-state index contributed by atoms with van der Waals surface area (Å²) < 4.78 is 2.82. The molecular formula is C16H22N4S. The van der Waals surface area contributed by atoms with Gasteiger partial charge in [-0.25, -0.2) is 0 Å². The van der Waals surface area contributed by atoms with Crippen molar-refractivity contribution in [3.05, 3.63) is 29.3 Å². The summed E-state index contributed by atoms with van der Waals surface area (Å²) in [6.45, 7) is 3.31. The number of nitrogens with zero attached hydrogens (tertiary/aromatic N) is 3. The van der Waals surface area contributed by atoms with Gasteiger partial charge in [-0.2, -0.15) is 5.10 Å². The van der Waals surface area contributed by atoms with Gasteiger partial charge in [-0.1, -0.05) is 32.6 Å². The molecule has 0 radical (unpaired) electrons. The van der Waals surface area contributed by atoms with Crippen LogP contribution in [0.1, 0.15) is 39.0 Å². The van der Waals surface area contributed by atoms with E-state index in [0.717, 1.165) is 29.8 Å². The fourth-order valence-corrected chi connectivity index (χ4v) is 3.39. The number of H-pyrrole nitrogens is 1. The molecule has 0 aliphatic heterocycles. The topological polar surface area (TPSA) is 46.5 Å². The number of pyridine rings is 1. The smallest absolute Gasteiger partial charge is 0.195 e. The van der Waals surface area contributed by atoms with E-state index in [0.29, 0.717) is 4.77 Å². The zero-order valence-corrected chi connectivity index (χ0v) is 13.3. The monoisotopic (exact) mass is 302 g/mol. The molecule has 112 valence electrons. The summed E-state index contributed by atoms with van der Waals surface area (Å²) in [6, 6.07) is 3.96. The van der Waals surface area contributed by atoms with Crippen LogP contribution in [0.25, 0.3) is 11.4 Å². The van der Waals surface area contributed by atoms with Crippen molar-refractivity contribution in [2.75, 3.05) is 0 Å². The number of rotatable bonds is 4. The zero-order chi connectivity index (χ0) is 14.7. The fraction of sp³-hybridized carbons (Fsp3) is 0.562. The molecule has 1 aliphatic carbocycles. The van der Waals surface area contributed by atoms with Gasteiger partial charge in [0, 0.05) is 24.5 Å². The van der Waals surface area contributed by atoms with E-state index >= 15 is 0 Å². The molecule has 2 aromatic rings. The molecular weight excluding hydrogens is 280 g/mol. The average Bonchev–Trinajstić information content (AvgIpc) is 2.89. The Morgan fingerprint density at radius 2 is 2.14 bits per heavy atom. The maximum absolute atomic E-state index is 5.38. The second-order valence-electron chi connectivity index (χ2n) is 6.16. The van der Waals surface area contributed by atoms with Crippen LogP contribution in [0.4, 0.5) is 0 Å². The molecule has 0 bridgehead atoms. The predicted octanol–water partition coefficient (Wildman–Crippen LogP) is 4.22. The van der Waals surface area contributed by atoms with Crippen LogP contribution in [0, 0.1) is 16.6 Å². The van der Waals surface area contributed by atoms with E-state index in [1.54, 1.807) is 6.20 Å². The first kappa shape index (κ1) is 14.4. The molecule has 4 nitrogen and oxygen atoms in total. The molecule has 1 fully saturated rings. The highest BCUT2D eigenvalue weighted by molar-refractivity contribution is 7.71. The van der Waals surface area contributed by atoms with E-state index < -0.39 is 0 Å². The molecule has 0 atom stereocenters. The molecule has 3 rings (SSSR count). The maximum Gasteiger partial charge on any atom is 0.195 e. The van der Waals surface area contributed by atoms with Gasteiger partial charge in [0.1, 0.15) is 0 Å². The van der Waals surface area contributed by atoms with Crippen molar-refractivity contribution < 1.29 is 0 Å². The summed E-state index contributed by atoms with van der Waals surface area (Å²) in [5.74, 6) is 2.64. The molecule has 0 aromatic carbocycles. The van der Waals surface area contributed by atoms with Crippen molar-refractivity contribution >= 4 is 12.2 Å². The summed E-state index contributed by atoms with van der Waals surface area (Å²) in [6.07, 6.45) is 10.3. The summed E-state index contributed by atoms with van der Waals surface area (Å²) in [5, 5.41) is 7.29. The van der Waals surface area contributed by atoms with Gasteiger partial charge < -0.3 is 4.57 Å². The largest absolute Gasteiger partial charge is 0.300 e. The lowest BCUT2D eigenvalue weighted by Crippen LogP contribution is -2.14. The van der Waals surface area contributed by atoms with Gasteiger partial charge in [0.05, 0.1) is 0 Å². The van der Waals surface area contributed by atoms with Crippen LogP contribution in [-0.2, 0) is 6.54 Å². The van der Waals surface area contributed by atoms with Crippen LogP contribution in [0.15, 0.2) is 24.5 Å². The summed E-state index contributed by atoms with van der Waals surface area (Å²) in [7, 11) is 0. The maximum atomic E-state index is 5.38. The van der Waals surface area contributed by atoms with Gasteiger partial charge in [0.25, 0.3) is 0 Å². The molecule has 1 aliphatic rings. The molecule has 1 N–H and O–H groups in total. The SMILES string of the molecule is CC1CCC(CCn2c(-c3cccnc3)n[nH]c2=S)CC1. The number of nitrogens with one attached hydrogen (secondary N) is 1. The van der Waals surface area contributed by atoms with Crippen molar-refractivity contribution in [2.24, 2.45) is 11.8 Å². The Balaban J connectivity index is 1.71. The summed E-state index contributed by atoms with van der Waals surface area (Å²) >= 11 is 5.38. The minimum Gasteiger partial charge on any atom is -0.300 e. The molecule has 2 aromatic heterocycles. The molecule has 5 heteroatoms. The van der Waals surface area contributed by atoms with Gasteiger partial charge in [-0.05, 0) is 42.6 Å². The van der Waals surface area contributed by atoms with E-state index in [1.807, 2.05) is 18.3 Å². The molecule has 1 saturated carbocycles. The number of hydrogen-bond donors (Lipinski definition) is 1. The van der Waals surface area contributed by atoms with Crippen LogP contribution in [0.3, 0.4) is 0 Å². The molecule has 2 heterocycles. The Hall–Kier alpha value is -1.49. The van der Waals surface area contributed by atoms with Crippen LogP contribution < -0.4 is 0 Å². The number of aromatic nitrogens is 4. The van der Waals surface area contributed by atoms with E-state index in [2.05, 4.69) is 26.7 Å². The van der Waals surface area contributed by atoms with Crippen LogP contribution in [0.2, 0.25) is 0 Å². The quantitative estimate of drug-likeness (QED) is 0.860. The lowest BCUT2D eigenvalue weighted by atomic mass is 9.81. The lowest BCUT2D eigenvalue weighted by molar-refractivity contribution is 0.269. The van der Waals surface area contributed by atoms with Gasteiger partial charge in [0.15, 0.2) is 10.6 Å². The average molecular weight is 302 g/mol. The van der Waals surface area contributed by atoms with Crippen molar-refractivity contribution in [3.63, 3.8) is 0 Å². The van der Waals surface area contributed by atoms with Crippen LogP contribution >= 0.6 is 12.2 Å². The Bertz CT molecular complexity index is 623. The molecule has 0 amide bonds. The highest BCUT2D eigenvalue weighted by Crippen LogP contribution is 2.31. The van der Waals surface area contributed by atoms with Crippen molar-refractivity contribution in [3.8, 4) is 11.4 Å². The highest BCUT2D eigenvalue weighted by Gasteiger charge is 2.19.